The van der Waals surface area contributed by atoms with Gasteiger partial charge >= 0.3 is 0 Å². The zero-order chi connectivity index (χ0) is 36.0. The highest BCUT2D eigenvalue weighted by Gasteiger charge is 2.26. The normalized spacial score (nSPS) is 12.0. The number of fused-ring (bicyclic) bond motifs is 9. The van der Waals surface area contributed by atoms with Gasteiger partial charge in [-0.3, -0.25) is 0 Å². The Morgan fingerprint density at radius 1 is 0.327 bits per heavy atom. The molecule has 0 unspecified atom stereocenters. The van der Waals surface area contributed by atoms with E-state index in [2.05, 4.69) is 170 Å². The van der Waals surface area contributed by atoms with Gasteiger partial charge in [0.1, 0.15) is 11.2 Å². The molecule has 0 atom stereocenters. The second-order valence-electron chi connectivity index (χ2n) is 14.5. The van der Waals surface area contributed by atoms with Crippen LogP contribution in [0, 0.1) is 0 Å². The summed E-state index contributed by atoms with van der Waals surface area (Å²) < 4.78 is 6.46. The molecular formula is C52H30N2O. The van der Waals surface area contributed by atoms with Crippen molar-refractivity contribution in [3.05, 3.63) is 182 Å². The molecule has 0 amide bonds. The summed E-state index contributed by atoms with van der Waals surface area (Å²) in [5.74, 6) is 0.708. The summed E-state index contributed by atoms with van der Waals surface area (Å²) in [6.07, 6.45) is 0. The van der Waals surface area contributed by atoms with Gasteiger partial charge in [0.2, 0.25) is 0 Å². The summed E-state index contributed by atoms with van der Waals surface area (Å²) >= 11 is 0. The second kappa shape index (κ2) is 11.6. The number of rotatable bonds is 4. The fourth-order valence-electron chi connectivity index (χ4n) is 8.83. The van der Waals surface area contributed by atoms with Gasteiger partial charge in [0.15, 0.2) is 5.82 Å². The molecule has 0 saturated heterocycles. The van der Waals surface area contributed by atoms with Crippen LogP contribution in [0.25, 0.3) is 122 Å². The van der Waals surface area contributed by atoms with Crippen LogP contribution in [0.4, 0.5) is 0 Å². The lowest BCUT2D eigenvalue weighted by Crippen LogP contribution is -1.97. The van der Waals surface area contributed by atoms with Crippen LogP contribution in [0.15, 0.2) is 186 Å². The number of hydrogen-bond acceptors (Lipinski definition) is 3. The third kappa shape index (κ3) is 4.57. The van der Waals surface area contributed by atoms with Gasteiger partial charge in [-0.05, 0) is 91.3 Å². The number of furan rings is 1. The Morgan fingerprint density at radius 2 is 1.00 bits per heavy atom. The van der Waals surface area contributed by atoms with E-state index in [1.807, 2.05) is 12.1 Å². The minimum Gasteiger partial charge on any atom is -0.455 e. The summed E-state index contributed by atoms with van der Waals surface area (Å²) in [6.45, 7) is 0. The maximum absolute atomic E-state index is 6.46. The van der Waals surface area contributed by atoms with Crippen molar-refractivity contribution in [3.8, 4) is 67.3 Å². The second-order valence-corrected chi connectivity index (χ2v) is 14.5. The molecule has 2 aromatic heterocycles. The molecule has 9 aromatic carbocycles. The van der Waals surface area contributed by atoms with Crippen molar-refractivity contribution >= 4 is 54.3 Å². The molecular weight excluding hydrogens is 669 g/mol. The fourth-order valence-corrected chi connectivity index (χ4v) is 8.83. The van der Waals surface area contributed by atoms with Gasteiger partial charge in [-0.2, -0.15) is 0 Å². The molecule has 0 bridgehead atoms. The van der Waals surface area contributed by atoms with E-state index in [-0.39, 0.29) is 0 Å². The quantitative estimate of drug-likeness (QED) is 0.184. The maximum atomic E-state index is 6.46. The average Bonchev–Trinajstić information content (AvgIpc) is 3.79. The molecule has 3 nitrogen and oxygen atoms in total. The van der Waals surface area contributed by atoms with Crippen LogP contribution in [0.3, 0.4) is 0 Å². The molecule has 2 heterocycles. The van der Waals surface area contributed by atoms with Crippen LogP contribution < -0.4 is 0 Å². The van der Waals surface area contributed by atoms with Gasteiger partial charge < -0.3 is 4.42 Å². The number of nitrogens with zero attached hydrogens (tertiary/aromatic N) is 2. The van der Waals surface area contributed by atoms with Crippen LogP contribution in [0.2, 0.25) is 0 Å². The lowest BCUT2D eigenvalue weighted by molar-refractivity contribution is 0.672. The van der Waals surface area contributed by atoms with Crippen LogP contribution in [0.5, 0.6) is 0 Å². The van der Waals surface area contributed by atoms with E-state index >= 15 is 0 Å². The fraction of sp³-hybridized carbons (Fsp3) is 0. The first-order valence-corrected chi connectivity index (χ1v) is 18.7. The van der Waals surface area contributed by atoms with Gasteiger partial charge in [-0.25, -0.2) is 9.97 Å². The molecule has 0 saturated carbocycles. The predicted molar refractivity (Wildman–Crippen MR) is 228 cm³/mol. The van der Waals surface area contributed by atoms with Crippen molar-refractivity contribution in [2.45, 2.75) is 0 Å². The van der Waals surface area contributed by atoms with E-state index in [0.717, 1.165) is 66.2 Å². The lowest BCUT2D eigenvalue weighted by atomic mass is 9.92. The van der Waals surface area contributed by atoms with Crippen LogP contribution >= 0.6 is 0 Å². The Kier molecular flexibility index (Phi) is 6.34. The minimum atomic E-state index is 0.708. The third-order valence-corrected chi connectivity index (χ3v) is 11.4. The number of aromatic nitrogens is 2. The standard InChI is InChI=1S/C52H30N2O/c1-2-12-32(13-3-1)47-30-48(35-22-21-31-11-4-5-14-33(31)27-35)54-52(53-47)42-26-25-36(37-15-6-7-16-38(37)42)34-23-24-39-41-18-10-19-43-50(41)45(44(39)28-34)29-46-40-17-8-9-20-49(40)55-51(43)46/h1-30H. The van der Waals surface area contributed by atoms with Crippen LogP contribution in [-0.2, 0) is 0 Å². The van der Waals surface area contributed by atoms with Gasteiger partial charge in [0.05, 0.1) is 11.4 Å². The zero-order valence-electron chi connectivity index (χ0n) is 29.6. The molecule has 0 spiro atoms. The van der Waals surface area contributed by atoms with Gasteiger partial charge in [0.25, 0.3) is 0 Å². The lowest BCUT2D eigenvalue weighted by Gasteiger charge is -2.14. The first-order valence-electron chi connectivity index (χ1n) is 18.7. The van der Waals surface area contributed by atoms with E-state index in [0.29, 0.717) is 5.82 Å². The smallest absolute Gasteiger partial charge is 0.161 e. The highest BCUT2D eigenvalue weighted by molar-refractivity contribution is 6.26. The van der Waals surface area contributed by atoms with Gasteiger partial charge in [0, 0.05) is 38.2 Å². The monoisotopic (exact) mass is 698 g/mol. The minimum absolute atomic E-state index is 0.708. The molecule has 0 N–H and O–H groups in total. The van der Waals surface area contributed by atoms with Crippen molar-refractivity contribution in [1.82, 2.24) is 9.97 Å². The molecule has 55 heavy (non-hydrogen) atoms. The Balaban J connectivity index is 1.03. The third-order valence-electron chi connectivity index (χ3n) is 11.4. The summed E-state index contributed by atoms with van der Waals surface area (Å²) in [6, 6.07) is 64.9. The van der Waals surface area contributed by atoms with Crippen LogP contribution in [0.1, 0.15) is 0 Å². The molecule has 0 radical (unpaired) electrons. The van der Waals surface area contributed by atoms with Crippen molar-refractivity contribution in [2.24, 2.45) is 0 Å². The molecule has 1 aliphatic carbocycles. The van der Waals surface area contributed by atoms with Gasteiger partial charge in [-0.15, -0.1) is 0 Å². The predicted octanol–water partition coefficient (Wildman–Crippen LogP) is 14.2. The Bertz CT molecular complexity index is 3380. The van der Waals surface area contributed by atoms with Crippen molar-refractivity contribution in [3.63, 3.8) is 0 Å². The average molecular weight is 699 g/mol. The summed E-state index contributed by atoms with van der Waals surface area (Å²) in [5, 5.41) is 9.41. The first-order chi connectivity index (χ1) is 27.2. The summed E-state index contributed by atoms with van der Waals surface area (Å²) in [7, 11) is 0. The Morgan fingerprint density at radius 3 is 1.87 bits per heavy atom. The highest BCUT2D eigenvalue weighted by Crippen LogP contribution is 2.52. The zero-order valence-corrected chi connectivity index (χ0v) is 29.6. The molecule has 1 aliphatic rings. The Hall–Kier alpha value is -7.36. The number of para-hydroxylation sites is 1. The SMILES string of the molecule is c1ccc(-c2cc(-c3ccc4ccccc4c3)nc(-c3ccc(-c4ccc5c(c4)-c4cc6c7ccccc7oc6c6cccc-5c46)c4ccccc34)n2)cc1. The molecule has 0 aliphatic heterocycles. The van der Waals surface area contributed by atoms with Crippen LogP contribution in [-0.4, -0.2) is 9.97 Å². The van der Waals surface area contributed by atoms with Crippen molar-refractivity contribution in [1.29, 1.82) is 0 Å². The number of benzene rings is 9. The largest absolute Gasteiger partial charge is 0.455 e. The number of hydrogen-bond donors (Lipinski definition) is 0. The topological polar surface area (TPSA) is 38.9 Å². The van der Waals surface area contributed by atoms with E-state index in [4.69, 9.17) is 14.4 Å². The summed E-state index contributed by atoms with van der Waals surface area (Å²) in [5.41, 5.74) is 14.2. The summed E-state index contributed by atoms with van der Waals surface area (Å²) in [4.78, 5) is 10.5. The molecule has 254 valence electrons. The Labute approximate surface area is 316 Å². The molecule has 3 heteroatoms. The van der Waals surface area contributed by atoms with E-state index in [1.165, 1.54) is 49.5 Å². The first kappa shape index (κ1) is 30.1. The van der Waals surface area contributed by atoms with E-state index < -0.39 is 0 Å². The van der Waals surface area contributed by atoms with Gasteiger partial charge in [-0.1, -0.05) is 146 Å². The maximum Gasteiger partial charge on any atom is 0.161 e. The molecule has 0 fully saturated rings. The van der Waals surface area contributed by atoms with E-state index in [9.17, 15) is 0 Å². The molecule has 11 aromatic rings. The van der Waals surface area contributed by atoms with Crippen molar-refractivity contribution < 1.29 is 4.42 Å². The molecule has 12 rings (SSSR count). The van der Waals surface area contributed by atoms with E-state index in [1.54, 1.807) is 0 Å². The highest BCUT2D eigenvalue weighted by atomic mass is 16.3. The van der Waals surface area contributed by atoms with Crippen molar-refractivity contribution in [2.75, 3.05) is 0 Å².